The van der Waals surface area contributed by atoms with Gasteiger partial charge in [-0.25, -0.2) is 0 Å². The van der Waals surface area contributed by atoms with Crippen LogP contribution in [0.4, 0.5) is 0 Å². The van der Waals surface area contributed by atoms with Gasteiger partial charge in [-0.15, -0.1) is 0 Å². The average molecular weight is 465 g/mol. The van der Waals surface area contributed by atoms with Gasteiger partial charge >= 0.3 is 0 Å². The van der Waals surface area contributed by atoms with Crippen molar-refractivity contribution in [1.29, 1.82) is 0 Å². The smallest absolute Gasteiger partial charge is 0.170 e. The van der Waals surface area contributed by atoms with Crippen LogP contribution < -0.4 is 5.32 Å². The maximum absolute atomic E-state index is 6.35. The van der Waals surface area contributed by atoms with Gasteiger partial charge in [0, 0.05) is 39.9 Å². The monoisotopic (exact) mass is 464 g/mol. The summed E-state index contributed by atoms with van der Waals surface area (Å²) < 4.78 is 2.33. The first-order valence-corrected chi connectivity index (χ1v) is 12.2. The topological polar surface area (TPSA) is 33.1 Å². The van der Waals surface area contributed by atoms with Gasteiger partial charge in [0.05, 0.1) is 17.8 Å². The minimum atomic E-state index is 0.0244. The lowest BCUT2D eigenvalue weighted by atomic mass is 9.92. The third kappa shape index (κ3) is 3.52. The Labute approximate surface area is 200 Å². The van der Waals surface area contributed by atoms with Crippen LogP contribution >= 0.6 is 23.8 Å². The highest BCUT2D eigenvalue weighted by molar-refractivity contribution is 7.80. The molecule has 3 aromatic rings. The van der Waals surface area contributed by atoms with E-state index in [0.717, 1.165) is 21.5 Å². The molecule has 1 aliphatic heterocycles. The molecule has 0 amide bonds. The Bertz CT molecular complexity index is 1150. The van der Waals surface area contributed by atoms with Crippen molar-refractivity contribution in [3.63, 3.8) is 0 Å². The zero-order chi connectivity index (χ0) is 22.4. The summed E-state index contributed by atoms with van der Waals surface area (Å²) in [5, 5.41) is 5.24. The first-order valence-electron chi connectivity index (χ1n) is 11.4. The maximum atomic E-state index is 6.35. The Balaban J connectivity index is 1.68. The summed E-state index contributed by atoms with van der Waals surface area (Å²) in [6.07, 6.45) is 6.80. The van der Waals surface area contributed by atoms with Crippen molar-refractivity contribution in [2.45, 2.75) is 64.6 Å². The minimum Gasteiger partial charge on any atom is -0.352 e. The van der Waals surface area contributed by atoms with E-state index >= 15 is 0 Å². The molecule has 0 bridgehead atoms. The van der Waals surface area contributed by atoms with E-state index in [1.165, 1.54) is 48.2 Å². The molecule has 32 heavy (non-hydrogen) atoms. The summed E-state index contributed by atoms with van der Waals surface area (Å²) in [6.45, 7) is 6.66. The van der Waals surface area contributed by atoms with Crippen LogP contribution in [0.25, 0.3) is 5.69 Å². The predicted molar refractivity (Wildman–Crippen MR) is 135 cm³/mol. The molecular formula is C26H29ClN4S. The number of halogens is 1. The summed E-state index contributed by atoms with van der Waals surface area (Å²) in [5.74, 6) is 0. The molecule has 1 aliphatic carbocycles. The predicted octanol–water partition coefficient (Wildman–Crippen LogP) is 6.37. The molecule has 2 aliphatic rings. The summed E-state index contributed by atoms with van der Waals surface area (Å²) in [4.78, 5) is 7.20. The molecule has 5 rings (SSSR count). The van der Waals surface area contributed by atoms with Crippen LogP contribution in [-0.4, -0.2) is 25.6 Å². The van der Waals surface area contributed by atoms with Gasteiger partial charge in [-0.2, -0.15) is 0 Å². The van der Waals surface area contributed by atoms with Crippen LogP contribution in [0.15, 0.2) is 48.7 Å². The average Bonchev–Trinajstić information content (AvgIpc) is 3.47. The maximum Gasteiger partial charge on any atom is 0.170 e. The molecule has 2 fully saturated rings. The minimum absolute atomic E-state index is 0.0244. The van der Waals surface area contributed by atoms with E-state index < -0.39 is 0 Å². The second-order valence-corrected chi connectivity index (χ2v) is 9.82. The van der Waals surface area contributed by atoms with Gasteiger partial charge in [0.1, 0.15) is 0 Å². The highest BCUT2D eigenvalue weighted by atomic mass is 35.5. The third-order valence-electron chi connectivity index (χ3n) is 7.22. The molecule has 1 N–H and O–H groups in total. The fourth-order valence-electron chi connectivity index (χ4n) is 5.69. The van der Waals surface area contributed by atoms with Crippen molar-refractivity contribution in [3.8, 4) is 5.69 Å². The highest BCUT2D eigenvalue weighted by Crippen LogP contribution is 2.46. The van der Waals surface area contributed by atoms with Crippen molar-refractivity contribution in [2.24, 2.45) is 0 Å². The standard InChI is InChI=1S/C26H29ClN4S/c1-16-17(2)30(21-12-8-9-19(27)15-21)18(3)23(16)25-24(22-13-6-7-14-28-22)29-26(32)31(25)20-10-4-5-11-20/h6-9,12-15,20,24-25H,4-5,10-11H2,1-3H3,(H,29,32)/t24-,25-/m1/s1. The van der Waals surface area contributed by atoms with Crippen LogP contribution in [0.3, 0.4) is 0 Å². The summed E-state index contributed by atoms with van der Waals surface area (Å²) in [7, 11) is 0. The molecule has 166 valence electrons. The van der Waals surface area contributed by atoms with Gasteiger partial charge < -0.3 is 14.8 Å². The van der Waals surface area contributed by atoms with E-state index in [0.29, 0.717) is 6.04 Å². The Morgan fingerprint density at radius 1 is 1.03 bits per heavy atom. The van der Waals surface area contributed by atoms with Crippen molar-refractivity contribution in [1.82, 2.24) is 19.8 Å². The largest absolute Gasteiger partial charge is 0.352 e. The molecule has 2 atom stereocenters. The third-order valence-corrected chi connectivity index (χ3v) is 7.79. The quantitative estimate of drug-likeness (QED) is 0.455. The Morgan fingerprint density at radius 2 is 1.81 bits per heavy atom. The second-order valence-electron chi connectivity index (χ2n) is 9.00. The van der Waals surface area contributed by atoms with Gasteiger partial charge in [-0.3, -0.25) is 4.98 Å². The fraction of sp³-hybridized carbons (Fsp3) is 0.385. The van der Waals surface area contributed by atoms with E-state index in [-0.39, 0.29) is 12.1 Å². The number of hydrogen-bond donors (Lipinski definition) is 1. The first kappa shape index (κ1) is 21.5. The molecule has 6 heteroatoms. The van der Waals surface area contributed by atoms with E-state index in [4.69, 9.17) is 28.8 Å². The summed E-state index contributed by atoms with van der Waals surface area (Å²) >= 11 is 12.3. The van der Waals surface area contributed by atoms with Gasteiger partial charge in [0.25, 0.3) is 0 Å². The van der Waals surface area contributed by atoms with Crippen LogP contribution in [-0.2, 0) is 0 Å². The lowest BCUT2D eigenvalue weighted by Gasteiger charge is -2.33. The van der Waals surface area contributed by atoms with E-state index in [9.17, 15) is 0 Å². The lowest BCUT2D eigenvalue weighted by molar-refractivity contribution is 0.244. The summed E-state index contributed by atoms with van der Waals surface area (Å²) in [6, 6.07) is 14.8. The number of rotatable bonds is 4. The Morgan fingerprint density at radius 3 is 2.50 bits per heavy atom. The highest BCUT2D eigenvalue weighted by Gasteiger charge is 2.45. The molecule has 0 radical (unpaired) electrons. The van der Waals surface area contributed by atoms with Crippen LogP contribution in [0.2, 0.25) is 5.02 Å². The number of nitrogens with zero attached hydrogens (tertiary/aromatic N) is 3. The molecule has 1 saturated carbocycles. The zero-order valence-corrected chi connectivity index (χ0v) is 20.4. The number of aromatic nitrogens is 2. The molecule has 0 unspecified atom stereocenters. The normalized spacial score (nSPS) is 21.4. The molecule has 4 nitrogen and oxygen atoms in total. The van der Waals surface area contributed by atoms with Crippen molar-refractivity contribution in [2.75, 3.05) is 0 Å². The number of benzene rings is 1. The van der Waals surface area contributed by atoms with Gasteiger partial charge in [-0.05, 0) is 81.7 Å². The summed E-state index contributed by atoms with van der Waals surface area (Å²) in [5.41, 5.74) is 7.26. The molecule has 1 aromatic carbocycles. The van der Waals surface area contributed by atoms with Crippen LogP contribution in [0, 0.1) is 20.8 Å². The second kappa shape index (κ2) is 8.53. The Kier molecular flexibility index (Phi) is 5.72. The number of nitrogens with one attached hydrogen (secondary N) is 1. The van der Waals surface area contributed by atoms with Gasteiger partial charge in [0.15, 0.2) is 5.11 Å². The number of thiocarbonyl (C=S) groups is 1. The lowest BCUT2D eigenvalue weighted by Crippen LogP contribution is -2.38. The Hall–Kier alpha value is -2.37. The van der Waals surface area contributed by atoms with Gasteiger partial charge in [0.2, 0.25) is 0 Å². The zero-order valence-electron chi connectivity index (χ0n) is 18.8. The van der Waals surface area contributed by atoms with Crippen LogP contribution in [0.5, 0.6) is 0 Å². The molecular weight excluding hydrogens is 436 g/mol. The van der Waals surface area contributed by atoms with Gasteiger partial charge in [-0.1, -0.05) is 36.6 Å². The molecule has 3 heterocycles. The SMILES string of the molecule is Cc1c([C@@H]2[C@@H](c3ccccn3)NC(=S)N2C2CCCC2)c(C)n(-c2cccc(Cl)c2)c1C. The van der Waals surface area contributed by atoms with Crippen LogP contribution in [0.1, 0.15) is 66.0 Å². The van der Waals surface area contributed by atoms with Crippen molar-refractivity contribution < 1.29 is 0 Å². The van der Waals surface area contributed by atoms with Crippen molar-refractivity contribution in [3.05, 3.63) is 81.9 Å². The number of hydrogen-bond acceptors (Lipinski definition) is 2. The first-order chi connectivity index (χ1) is 15.5. The van der Waals surface area contributed by atoms with E-state index in [1.807, 2.05) is 30.5 Å². The number of pyridine rings is 1. The van der Waals surface area contributed by atoms with E-state index in [1.54, 1.807) is 0 Å². The molecule has 0 spiro atoms. The fourth-order valence-corrected chi connectivity index (χ4v) is 6.27. The van der Waals surface area contributed by atoms with E-state index in [2.05, 4.69) is 53.8 Å². The molecule has 1 saturated heterocycles. The van der Waals surface area contributed by atoms with Crippen molar-refractivity contribution >= 4 is 28.9 Å². The molecule has 2 aromatic heterocycles.